The Morgan fingerprint density at radius 1 is 1.36 bits per heavy atom. The topological polar surface area (TPSA) is 60.3 Å². The van der Waals surface area contributed by atoms with Crippen LogP contribution in [0.25, 0.3) is 0 Å². The maximum absolute atomic E-state index is 13.5. The van der Waals surface area contributed by atoms with Gasteiger partial charge in [0.2, 0.25) is 0 Å². The monoisotopic (exact) mass is 350 g/mol. The van der Waals surface area contributed by atoms with Gasteiger partial charge in [0, 0.05) is 38.8 Å². The summed E-state index contributed by atoms with van der Waals surface area (Å²) in [5.74, 6) is -0.0643. The van der Waals surface area contributed by atoms with Crippen molar-refractivity contribution >= 4 is 5.96 Å². The number of halogens is 1. The van der Waals surface area contributed by atoms with Gasteiger partial charge in [-0.2, -0.15) is 0 Å². The smallest absolute Gasteiger partial charge is 0.194 e. The Morgan fingerprint density at radius 3 is 2.88 bits per heavy atom. The number of ether oxygens (including phenoxy) is 1. The van der Waals surface area contributed by atoms with E-state index in [1.165, 1.54) is 12.1 Å². The molecule has 2 N–H and O–H groups in total. The lowest BCUT2D eigenvalue weighted by molar-refractivity contribution is 0.0195. The number of benzene rings is 1. The van der Waals surface area contributed by atoms with E-state index in [0.29, 0.717) is 12.6 Å². The van der Waals surface area contributed by atoms with Gasteiger partial charge in [-0.1, -0.05) is 6.07 Å². The minimum absolute atomic E-state index is 0.326. The van der Waals surface area contributed by atoms with Crippen LogP contribution in [-0.4, -0.2) is 72.8 Å². The van der Waals surface area contributed by atoms with E-state index in [2.05, 4.69) is 20.1 Å². The maximum atomic E-state index is 13.5. The van der Waals surface area contributed by atoms with Crippen molar-refractivity contribution in [2.24, 2.45) is 4.99 Å². The minimum Gasteiger partial charge on any atom is -0.505 e. The fraction of sp³-hybridized carbons (Fsp3) is 0.611. The van der Waals surface area contributed by atoms with Crippen molar-refractivity contribution in [1.82, 2.24) is 15.1 Å². The molecule has 2 aliphatic heterocycles. The first-order valence-corrected chi connectivity index (χ1v) is 9.00. The Labute approximate surface area is 148 Å². The molecule has 2 saturated heterocycles. The average Bonchev–Trinajstić information content (AvgIpc) is 3.12. The fourth-order valence-electron chi connectivity index (χ4n) is 3.42. The van der Waals surface area contributed by atoms with E-state index < -0.39 is 5.82 Å². The van der Waals surface area contributed by atoms with Crippen LogP contribution in [0.3, 0.4) is 0 Å². The molecule has 1 atom stereocenters. The zero-order valence-corrected chi connectivity index (χ0v) is 14.7. The first-order valence-electron chi connectivity index (χ1n) is 9.00. The number of aliphatic imine (C=N–C) groups is 1. The number of likely N-dealkylation sites (tertiary alicyclic amines) is 1. The molecule has 0 spiro atoms. The van der Waals surface area contributed by atoms with Gasteiger partial charge >= 0.3 is 0 Å². The summed E-state index contributed by atoms with van der Waals surface area (Å²) < 4.78 is 18.9. The number of aromatic hydroxyl groups is 1. The third-order valence-corrected chi connectivity index (χ3v) is 4.78. The van der Waals surface area contributed by atoms with Gasteiger partial charge in [-0.3, -0.25) is 4.90 Å². The summed E-state index contributed by atoms with van der Waals surface area (Å²) in [5, 5.41) is 12.6. The van der Waals surface area contributed by atoms with Crippen LogP contribution in [0.1, 0.15) is 18.9 Å². The van der Waals surface area contributed by atoms with Crippen LogP contribution in [-0.2, 0) is 11.3 Å². The summed E-state index contributed by atoms with van der Waals surface area (Å²) in [6.07, 6.45) is 1.12. The molecule has 7 heteroatoms. The molecule has 25 heavy (non-hydrogen) atoms. The highest BCUT2D eigenvalue weighted by Gasteiger charge is 2.30. The Hall–Kier alpha value is -1.86. The molecule has 2 aliphatic rings. The summed E-state index contributed by atoms with van der Waals surface area (Å²) >= 11 is 0. The third kappa shape index (κ3) is 4.61. The molecule has 0 aliphatic carbocycles. The van der Waals surface area contributed by atoms with Crippen LogP contribution < -0.4 is 5.32 Å². The van der Waals surface area contributed by atoms with Crippen LogP contribution in [0.2, 0.25) is 0 Å². The van der Waals surface area contributed by atoms with Crippen LogP contribution in [0.15, 0.2) is 23.2 Å². The SMILES string of the molecule is CCNC(=NCc1ccc(O)c(F)c1)N1CCC(N2CCOCC2)C1. The summed E-state index contributed by atoms with van der Waals surface area (Å²) in [6, 6.07) is 4.95. The van der Waals surface area contributed by atoms with Crippen molar-refractivity contribution in [1.29, 1.82) is 0 Å². The Bertz CT molecular complexity index is 605. The first kappa shape index (κ1) is 17.9. The molecule has 0 amide bonds. The second kappa shape index (κ2) is 8.49. The number of phenolic OH excluding ortho intramolecular Hbond substituents is 1. The number of morpholine rings is 1. The van der Waals surface area contributed by atoms with Crippen molar-refractivity contribution in [3.8, 4) is 5.75 Å². The van der Waals surface area contributed by atoms with Crippen molar-refractivity contribution in [2.45, 2.75) is 25.9 Å². The minimum atomic E-state index is -0.605. The van der Waals surface area contributed by atoms with Gasteiger partial charge in [0.15, 0.2) is 17.5 Å². The molecule has 2 fully saturated rings. The molecule has 1 aromatic carbocycles. The summed E-state index contributed by atoms with van der Waals surface area (Å²) in [5.41, 5.74) is 0.745. The molecule has 0 bridgehead atoms. The van der Waals surface area contributed by atoms with Gasteiger partial charge in [-0.05, 0) is 31.0 Å². The molecule has 1 unspecified atom stereocenters. The number of hydrogen-bond donors (Lipinski definition) is 2. The van der Waals surface area contributed by atoms with Crippen molar-refractivity contribution < 1.29 is 14.2 Å². The van der Waals surface area contributed by atoms with Crippen LogP contribution in [0.4, 0.5) is 4.39 Å². The standard InChI is InChI=1S/C18H27FN4O2/c1-2-20-18(21-12-14-3-4-17(24)16(19)11-14)23-6-5-15(13-23)22-7-9-25-10-8-22/h3-4,11,15,24H,2,5-10,12-13H2,1H3,(H,20,21). The third-order valence-electron chi connectivity index (χ3n) is 4.78. The van der Waals surface area contributed by atoms with Crippen molar-refractivity contribution in [2.75, 3.05) is 45.9 Å². The quantitative estimate of drug-likeness (QED) is 0.635. The largest absolute Gasteiger partial charge is 0.505 e. The maximum Gasteiger partial charge on any atom is 0.194 e. The zero-order chi connectivity index (χ0) is 17.6. The second-order valence-electron chi connectivity index (χ2n) is 6.49. The Morgan fingerprint density at radius 2 is 2.16 bits per heavy atom. The van der Waals surface area contributed by atoms with Crippen molar-refractivity contribution in [3.05, 3.63) is 29.6 Å². The number of nitrogens with one attached hydrogen (secondary N) is 1. The van der Waals surface area contributed by atoms with E-state index in [1.54, 1.807) is 6.07 Å². The lowest BCUT2D eigenvalue weighted by atomic mass is 10.2. The average molecular weight is 350 g/mol. The van der Waals surface area contributed by atoms with Gasteiger partial charge in [0.1, 0.15) is 0 Å². The first-order chi connectivity index (χ1) is 12.2. The van der Waals surface area contributed by atoms with Gasteiger partial charge < -0.3 is 20.1 Å². The van der Waals surface area contributed by atoms with Crippen LogP contribution in [0, 0.1) is 5.82 Å². The highest BCUT2D eigenvalue weighted by Crippen LogP contribution is 2.19. The van der Waals surface area contributed by atoms with E-state index in [4.69, 9.17) is 4.74 Å². The summed E-state index contributed by atoms with van der Waals surface area (Å²) in [6.45, 7) is 8.78. The van der Waals surface area contributed by atoms with E-state index in [0.717, 1.165) is 63.9 Å². The number of guanidine groups is 1. The number of rotatable bonds is 4. The molecule has 0 radical (unpaired) electrons. The lowest BCUT2D eigenvalue weighted by Gasteiger charge is -2.32. The van der Waals surface area contributed by atoms with Gasteiger partial charge in [0.05, 0.1) is 19.8 Å². The fourth-order valence-corrected chi connectivity index (χ4v) is 3.42. The van der Waals surface area contributed by atoms with E-state index in [9.17, 15) is 9.50 Å². The van der Waals surface area contributed by atoms with Crippen LogP contribution in [0.5, 0.6) is 5.75 Å². The predicted molar refractivity (Wildman–Crippen MR) is 95.3 cm³/mol. The number of hydrogen-bond acceptors (Lipinski definition) is 4. The number of phenols is 1. The van der Waals surface area contributed by atoms with E-state index >= 15 is 0 Å². The molecule has 2 heterocycles. The number of nitrogens with zero attached hydrogens (tertiary/aromatic N) is 3. The normalized spacial score (nSPS) is 22.4. The lowest BCUT2D eigenvalue weighted by Crippen LogP contribution is -2.46. The molecule has 3 rings (SSSR count). The molecule has 0 aromatic heterocycles. The predicted octanol–water partition coefficient (Wildman–Crippen LogP) is 1.40. The molecule has 6 nitrogen and oxygen atoms in total. The van der Waals surface area contributed by atoms with Gasteiger partial charge in [0.25, 0.3) is 0 Å². The molecule has 0 saturated carbocycles. The molecular formula is C18H27FN4O2. The van der Waals surface area contributed by atoms with E-state index in [-0.39, 0.29) is 5.75 Å². The van der Waals surface area contributed by atoms with Crippen LogP contribution >= 0.6 is 0 Å². The molecule has 138 valence electrons. The summed E-state index contributed by atoms with van der Waals surface area (Å²) in [7, 11) is 0. The Kier molecular flexibility index (Phi) is 6.09. The Balaban J connectivity index is 1.62. The molecule has 1 aromatic rings. The summed E-state index contributed by atoms with van der Waals surface area (Å²) in [4.78, 5) is 9.44. The van der Waals surface area contributed by atoms with E-state index in [1.807, 2.05) is 6.92 Å². The van der Waals surface area contributed by atoms with Gasteiger partial charge in [-0.15, -0.1) is 0 Å². The zero-order valence-electron chi connectivity index (χ0n) is 14.7. The second-order valence-corrected chi connectivity index (χ2v) is 6.49. The molecular weight excluding hydrogens is 323 g/mol. The highest BCUT2D eigenvalue weighted by molar-refractivity contribution is 5.80. The van der Waals surface area contributed by atoms with Crippen molar-refractivity contribution in [3.63, 3.8) is 0 Å². The van der Waals surface area contributed by atoms with Gasteiger partial charge in [-0.25, -0.2) is 9.38 Å². The highest BCUT2D eigenvalue weighted by atomic mass is 19.1.